The number of nitrogens with one attached hydrogen (secondary N) is 1. The Hall–Kier alpha value is -2.28. The molecule has 29 heavy (non-hydrogen) atoms. The summed E-state index contributed by atoms with van der Waals surface area (Å²) >= 11 is 0. The second-order valence-electron chi connectivity index (χ2n) is 8.47. The van der Waals surface area contributed by atoms with Gasteiger partial charge in [-0.1, -0.05) is 12.1 Å². The van der Waals surface area contributed by atoms with Crippen molar-refractivity contribution in [1.29, 1.82) is 0 Å². The molecule has 1 aromatic rings. The number of hydrogen-bond donors (Lipinski definition) is 1. The van der Waals surface area contributed by atoms with Gasteiger partial charge in [-0.2, -0.15) is 0 Å². The van der Waals surface area contributed by atoms with Gasteiger partial charge >= 0.3 is 0 Å². The number of piperidine rings is 2. The van der Waals surface area contributed by atoms with Crippen LogP contribution in [0.3, 0.4) is 0 Å². The predicted molar refractivity (Wildman–Crippen MR) is 105 cm³/mol. The van der Waals surface area contributed by atoms with Gasteiger partial charge in [-0.3, -0.25) is 19.3 Å². The molecule has 1 aliphatic carbocycles. The molecule has 3 unspecified atom stereocenters. The van der Waals surface area contributed by atoms with E-state index in [1.165, 1.54) is 17.0 Å². The van der Waals surface area contributed by atoms with E-state index in [0.29, 0.717) is 13.0 Å². The summed E-state index contributed by atoms with van der Waals surface area (Å²) in [6.07, 6.45) is 4.11. The molecular weight excluding hydrogens is 373 g/mol. The van der Waals surface area contributed by atoms with Crippen LogP contribution in [0, 0.1) is 17.7 Å². The highest BCUT2D eigenvalue weighted by Crippen LogP contribution is 2.40. The maximum absolute atomic E-state index is 13.6. The fourth-order valence-corrected chi connectivity index (χ4v) is 4.65. The molecule has 0 spiro atoms. The van der Waals surface area contributed by atoms with Gasteiger partial charge in [-0.25, -0.2) is 4.39 Å². The lowest BCUT2D eigenvalue weighted by Crippen LogP contribution is -2.52. The van der Waals surface area contributed by atoms with Crippen LogP contribution in [0.5, 0.6) is 0 Å². The molecule has 3 aliphatic rings. The van der Waals surface area contributed by atoms with Gasteiger partial charge < -0.3 is 10.2 Å². The van der Waals surface area contributed by atoms with E-state index in [4.69, 9.17) is 0 Å². The Kier molecular flexibility index (Phi) is 5.67. The van der Waals surface area contributed by atoms with Crippen LogP contribution in [-0.2, 0) is 14.4 Å². The molecule has 7 heteroatoms. The number of rotatable bonds is 4. The lowest BCUT2D eigenvalue weighted by molar-refractivity contribution is -0.155. The van der Waals surface area contributed by atoms with Crippen LogP contribution in [0.4, 0.5) is 4.39 Å². The Labute approximate surface area is 170 Å². The average molecular weight is 401 g/mol. The number of hydrogen-bond acceptors (Lipinski definition) is 4. The first-order chi connectivity index (χ1) is 14.0. The molecule has 2 aliphatic heterocycles. The Balaban J connectivity index is 1.62. The van der Waals surface area contributed by atoms with Crippen LogP contribution in [-0.4, -0.2) is 53.7 Å². The standard InChI is InChI=1S/C22H28FN3O3/c1-25-19(27)11-10-18(20(25)14-4-6-16(23)7-5-14)22(29)26(17-8-9-17)21(28)15-3-2-12-24-13-15/h4-7,15,17-18,20,24H,2-3,8-13H2,1H3. The number of amides is 3. The van der Waals surface area contributed by atoms with E-state index in [9.17, 15) is 18.8 Å². The topological polar surface area (TPSA) is 69.7 Å². The molecule has 2 heterocycles. The highest BCUT2D eigenvalue weighted by atomic mass is 19.1. The number of carbonyl (C=O) groups excluding carboxylic acids is 3. The third-order valence-electron chi connectivity index (χ3n) is 6.42. The third kappa shape index (κ3) is 4.06. The zero-order chi connectivity index (χ0) is 20.5. The van der Waals surface area contributed by atoms with Gasteiger partial charge in [0, 0.05) is 26.1 Å². The van der Waals surface area contributed by atoms with Crippen molar-refractivity contribution in [3.63, 3.8) is 0 Å². The largest absolute Gasteiger partial charge is 0.338 e. The normalized spacial score (nSPS) is 27.6. The zero-order valence-electron chi connectivity index (χ0n) is 16.8. The monoisotopic (exact) mass is 401 g/mol. The Morgan fingerprint density at radius 1 is 1.10 bits per heavy atom. The minimum atomic E-state index is -0.496. The van der Waals surface area contributed by atoms with Gasteiger partial charge in [0.25, 0.3) is 0 Å². The number of likely N-dealkylation sites (tertiary alicyclic amines) is 1. The molecule has 1 saturated carbocycles. The predicted octanol–water partition coefficient (Wildman–Crippen LogP) is 2.25. The first-order valence-electron chi connectivity index (χ1n) is 10.6. The van der Waals surface area contributed by atoms with Crippen molar-refractivity contribution in [2.75, 3.05) is 20.1 Å². The molecular formula is C22H28FN3O3. The van der Waals surface area contributed by atoms with Crippen LogP contribution >= 0.6 is 0 Å². The van der Waals surface area contributed by atoms with Crippen molar-refractivity contribution in [2.24, 2.45) is 11.8 Å². The van der Waals surface area contributed by atoms with Gasteiger partial charge in [-0.05, 0) is 56.3 Å². The van der Waals surface area contributed by atoms with E-state index in [-0.39, 0.29) is 41.9 Å². The van der Waals surface area contributed by atoms with Crippen molar-refractivity contribution < 1.29 is 18.8 Å². The molecule has 3 fully saturated rings. The highest BCUT2D eigenvalue weighted by Gasteiger charge is 2.47. The summed E-state index contributed by atoms with van der Waals surface area (Å²) in [4.78, 5) is 42.3. The molecule has 6 nitrogen and oxygen atoms in total. The van der Waals surface area contributed by atoms with Crippen LogP contribution in [0.2, 0.25) is 0 Å². The van der Waals surface area contributed by atoms with Gasteiger partial charge in [0.05, 0.1) is 17.9 Å². The smallest absolute Gasteiger partial charge is 0.234 e. The van der Waals surface area contributed by atoms with E-state index in [2.05, 4.69) is 5.32 Å². The number of nitrogens with zero attached hydrogens (tertiary/aromatic N) is 2. The highest BCUT2D eigenvalue weighted by molar-refractivity contribution is 5.99. The third-order valence-corrected chi connectivity index (χ3v) is 6.42. The number of halogens is 1. The first kappa shape index (κ1) is 20.0. The SMILES string of the molecule is CN1C(=O)CCC(C(=O)N(C(=O)C2CCCNC2)C2CC2)C1c1ccc(F)cc1. The molecule has 2 saturated heterocycles. The van der Waals surface area contributed by atoms with E-state index in [1.807, 2.05) is 0 Å². The fourth-order valence-electron chi connectivity index (χ4n) is 4.65. The maximum Gasteiger partial charge on any atom is 0.234 e. The van der Waals surface area contributed by atoms with Gasteiger partial charge in [-0.15, -0.1) is 0 Å². The zero-order valence-corrected chi connectivity index (χ0v) is 16.8. The molecule has 1 N–H and O–H groups in total. The van der Waals surface area contributed by atoms with Crippen molar-refractivity contribution in [1.82, 2.24) is 15.1 Å². The Bertz CT molecular complexity index is 787. The Morgan fingerprint density at radius 2 is 1.83 bits per heavy atom. The number of carbonyl (C=O) groups is 3. The van der Waals surface area contributed by atoms with Crippen LogP contribution in [0.1, 0.15) is 50.1 Å². The summed E-state index contributed by atoms with van der Waals surface area (Å²) in [5, 5.41) is 3.25. The molecule has 0 bridgehead atoms. The summed E-state index contributed by atoms with van der Waals surface area (Å²) in [6, 6.07) is 5.45. The van der Waals surface area contributed by atoms with Gasteiger partial charge in [0.2, 0.25) is 17.7 Å². The van der Waals surface area contributed by atoms with Gasteiger partial charge in [0.15, 0.2) is 0 Å². The average Bonchev–Trinajstić information content (AvgIpc) is 3.56. The van der Waals surface area contributed by atoms with E-state index >= 15 is 0 Å². The second kappa shape index (κ2) is 8.22. The molecule has 1 aromatic carbocycles. The molecule has 0 radical (unpaired) electrons. The van der Waals surface area contributed by atoms with Gasteiger partial charge in [0.1, 0.15) is 5.82 Å². The lowest BCUT2D eigenvalue weighted by atomic mass is 9.83. The summed E-state index contributed by atoms with van der Waals surface area (Å²) in [5.41, 5.74) is 0.725. The van der Waals surface area contributed by atoms with E-state index < -0.39 is 12.0 Å². The van der Waals surface area contributed by atoms with Crippen molar-refractivity contribution >= 4 is 17.7 Å². The number of imide groups is 1. The fraction of sp³-hybridized carbons (Fsp3) is 0.591. The quantitative estimate of drug-likeness (QED) is 0.786. The lowest BCUT2D eigenvalue weighted by Gasteiger charge is -2.41. The van der Waals surface area contributed by atoms with Crippen molar-refractivity contribution in [2.45, 2.75) is 50.6 Å². The molecule has 4 rings (SSSR count). The maximum atomic E-state index is 13.6. The molecule has 0 aromatic heterocycles. The van der Waals surface area contributed by atoms with Crippen molar-refractivity contribution in [3.8, 4) is 0 Å². The van der Waals surface area contributed by atoms with E-state index in [1.54, 1.807) is 24.1 Å². The van der Waals surface area contributed by atoms with Crippen LogP contribution < -0.4 is 5.32 Å². The minimum absolute atomic E-state index is 0.0197. The van der Waals surface area contributed by atoms with E-state index in [0.717, 1.165) is 37.8 Å². The molecule has 156 valence electrons. The summed E-state index contributed by atoms with van der Waals surface area (Å²) in [5.74, 6) is -1.33. The van der Waals surface area contributed by atoms with Crippen molar-refractivity contribution in [3.05, 3.63) is 35.6 Å². The summed E-state index contributed by atoms with van der Waals surface area (Å²) in [7, 11) is 1.68. The summed E-state index contributed by atoms with van der Waals surface area (Å²) in [6.45, 7) is 1.52. The molecule has 3 atom stereocenters. The molecule has 3 amide bonds. The van der Waals surface area contributed by atoms with Crippen LogP contribution in [0.15, 0.2) is 24.3 Å². The second-order valence-corrected chi connectivity index (χ2v) is 8.47. The summed E-state index contributed by atoms with van der Waals surface area (Å²) < 4.78 is 13.4. The number of benzene rings is 1. The minimum Gasteiger partial charge on any atom is -0.338 e. The van der Waals surface area contributed by atoms with Crippen LogP contribution in [0.25, 0.3) is 0 Å². The first-order valence-corrected chi connectivity index (χ1v) is 10.6. The Morgan fingerprint density at radius 3 is 2.45 bits per heavy atom.